The van der Waals surface area contributed by atoms with E-state index in [0.29, 0.717) is 30.5 Å². The number of hydrogen-bond acceptors (Lipinski definition) is 5. The quantitative estimate of drug-likeness (QED) is 0.920. The van der Waals surface area contributed by atoms with Crippen LogP contribution in [0.1, 0.15) is 23.7 Å². The van der Waals surface area contributed by atoms with Gasteiger partial charge in [0.25, 0.3) is 5.91 Å². The fourth-order valence-electron chi connectivity index (χ4n) is 2.50. The van der Waals surface area contributed by atoms with E-state index in [4.69, 9.17) is 10.5 Å². The van der Waals surface area contributed by atoms with Gasteiger partial charge in [0, 0.05) is 12.1 Å². The van der Waals surface area contributed by atoms with Crippen molar-refractivity contribution in [3.63, 3.8) is 0 Å². The van der Waals surface area contributed by atoms with E-state index in [2.05, 4.69) is 11.9 Å². The van der Waals surface area contributed by atoms with Crippen molar-refractivity contribution in [3.05, 3.63) is 23.8 Å². The Kier molecular flexibility index (Phi) is 3.58. The number of fused-ring (bicyclic) bond motifs is 1. The summed E-state index contributed by atoms with van der Waals surface area (Å²) in [5.41, 5.74) is 7.24. The van der Waals surface area contributed by atoms with Gasteiger partial charge in [-0.05, 0) is 24.6 Å². The molecule has 3 rings (SSSR count). The van der Waals surface area contributed by atoms with E-state index in [1.165, 1.54) is 11.3 Å². The predicted molar refractivity (Wildman–Crippen MR) is 80.0 cm³/mol. The SMILES string of the molecule is CCC1COCCN1C(=O)c1ccc2nc(N)sc2c1. The molecule has 2 heterocycles. The van der Waals surface area contributed by atoms with Crippen LogP contribution in [0.2, 0.25) is 0 Å². The van der Waals surface area contributed by atoms with Crippen LogP contribution < -0.4 is 5.73 Å². The zero-order valence-electron chi connectivity index (χ0n) is 11.3. The number of nitrogen functional groups attached to an aromatic ring is 1. The number of rotatable bonds is 2. The molecule has 20 heavy (non-hydrogen) atoms. The lowest BCUT2D eigenvalue weighted by Gasteiger charge is -2.35. The van der Waals surface area contributed by atoms with Gasteiger partial charge in [-0.15, -0.1) is 0 Å². The first-order valence-corrected chi connectivity index (χ1v) is 7.55. The fraction of sp³-hybridized carbons (Fsp3) is 0.429. The summed E-state index contributed by atoms with van der Waals surface area (Å²) in [5.74, 6) is 0.0639. The van der Waals surface area contributed by atoms with E-state index >= 15 is 0 Å². The van der Waals surface area contributed by atoms with Crippen molar-refractivity contribution < 1.29 is 9.53 Å². The van der Waals surface area contributed by atoms with Gasteiger partial charge in [0.15, 0.2) is 5.13 Å². The second-order valence-corrected chi connectivity index (χ2v) is 5.93. The van der Waals surface area contributed by atoms with Gasteiger partial charge in [0.1, 0.15) is 0 Å². The molecule has 1 aliphatic heterocycles. The molecule has 0 radical (unpaired) electrons. The van der Waals surface area contributed by atoms with Crippen LogP contribution >= 0.6 is 11.3 Å². The zero-order chi connectivity index (χ0) is 14.1. The number of amides is 1. The Morgan fingerprint density at radius 2 is 2.45 bits per heavy atom. The Balaban J connectivity index is 1.90. The molecule has 1 unspecified atom stereocenters. The summed E-state index contributed by atoms with van der Waals surface area (Å²) in [4.78, 5) is 18.8. The van der Waals surface area contributed by atoms with Gasteiger partial charge >= 0.3 is 0 Å². The van der Waals surface area contributed by atoms with Crippen LogP contribution in [-0.4, -0.2) is 41.6 Å². The molecule has 0 aliphatic carbocycles. The van der Waals surface area contributed by atoms with E-state index in [-0.39, 0.29) is 11.9 Å². The Hall–Kier alpha value is -1.66. The van der Waals surface area contributed by atoms with Crippen LogP contribution in [0.3, 0.4) is 0 Å². The fourth-order valence-corrected chi connectivity index (χ4v) is 3.28. The van der Waals surface area contributed by atoms with Crippen molar-refractivity contribution >= 4 is 32.6 Å². The first kappa shape index (κ1) is 13.3. The minimum absolute atomic E-state index is 0.0639. The van der Waals surface area contributed by atoms with Crippen LogP contribution in [0.25, 0.3) is 10.2 Å². The van der Waals surface area contributed by atoms with E-state index < -0.39 is 0 Å². The second kappa shape index (κ2) is 5.38. The van der Waals surface area contributed by atoms with Gasteiger partial charge in [-0.25, -0.2) is 4.98 Å². The van der Waals surface area contributed by atoms with Gasteiger partial charge in [0.2, 0.25) is 0 Å². The maximum absolute atomic E-state index is 12.6. The van der Waals surface area contributed by atoms with Crippen LogP contribution in [0.5, 0.6) is 0 Å². The monoisotopic (exact) mass is 291 g/mol. The van der Waals surface area contributed by atoms with Gasteiger partial charge < -0.3 is 15.4 Å². The number of thiazole rings is 1. The molecule has 1 amide bonds. The van der Waals surface area contributed by atoms with Gasteiger partial charge in [-0.2, -0.15) is 0 Å². The molecule has 1 saturated heterocycles. The number of morpholine rings is 1. The normalized spacial score (nSPS) is 19.4. The number of nitrogens with two attached hydrogens (primary N) is 1. The lowest BCUT2D eigenvalue weighted by atomic mass is 10.1. The third kappa shape index (κ3) is 2.36. The number of hydrogen-bond donors (Lipinski definition) is 1. The number of nitrogens with zero attached hydrogens (tertiary/aromatic N) is 2. The van der Waals surface area contributed by atoms with Gasteiger partial charge in [0.05, 0.1) is 29.5 Å². The van der Waals surface area contributed by atoms with Crippen LogP contribution in [0.4, 0.5) is 5.13 Å². The smallest absolute Gasteiger partial charge is 0.254 e. The molecule has 0 spiro atoms. The molecule has 5 nitrogen and oxygen atoms in total. The molecule has 1 atom stereocenters. The molecule has 1 fully saturated rings. The Morgan fingerprint density at radius 3 is 3.25 bits per heavy atom. The lowest BCUT2D eigenvalue weighted by molar-refractivity contribution is -0.00278. The van der Waals surface area contributed by atoms with Crippen molar-refractivity contribution in [2.24, 2.45) is 0 Å². The number of aromatic nitrogens is 1. The predicted octanol–water partition coefficient (Wildman–Crippen LogP) is 2.13. The number of ether oxygens (including phenoxy) is 1. The minimum Gasteiger partial charge on any atom is -0.377 e. The Bertz CT molecular complexity index is 640. The zero-order valence-corrected chi connectivity index (χ0v) is 12.2. The highest BCUT2D eigenvalue weighted by Gasteiger charge is 2.26. The molecule has 106 valence electrons. The average molecular weight is 291 g/mol. The summed E-state index contributed by atoms with van der Waals surface area (Å²) >= 11 is 1.41. The number of benzene rings is 1. The summed E-state index contributed by atoms with van der Waals surface area (Å²) < 4.78 is 6.40. The summed E-state index contributed by atoms with van der Waals surface area (Å²) in [7, 11) is 0. The van der Waals surface area contributed by atoms with Crippen LogP contribution in [0, 0.1) is 0 Å². The van der Waals surface area contributed by atoms with Crippen molar-refractivity contribution in [1.82, 2.24) is 9.88 Å². The van der Waals surface area contributed by atoms with Crippen LogP contribution in [-0.2, 0) is 4.74 Å². The van der Waals surface area contributed by atoms with E-state index in [1.807, 2.05) is 23.1 Å². The van der Waals surface area contributed by atoms with Crippen molar-refractivity contribution in [1.29, 1.82) is 0 Å². The molecule has 1 aliphatic rings. The van der Waals surface area contributed by atoms with E-state index in [0.717, 1.165) is 16.6 Å². The third-order valence-corrected chi connectivity index (χ3v) is 4.46. The number of carbonyl (C=O) groups is 1. The van der Waals surface area contributed by atoms with Gasteiger partial charge in [-0.1, -0.05) is 18.3 Å². The molecule has 1 aromatic carbocycles. The minimum atomic E-state index is 0.0639. The number of anilines is 1. The van der Waals surface area contributed by atoms with E-state index in [9.17, 15) is 4.79 Å². The maximum atomic E-state index is 12.6. The van der Waals surface area contributed by atoms with Crippen molar-refractivity contribution in [2.45, 2.75) is 19.4 Å². The highest BCUT2D eigenvalue weighted by atomic mass is 32.1. The van der Waals surface area contributed by atoms with E-state index in [1.54, 1.807) is 0 Å². The molecule has 2 aromatic rings. The molecule has 0 bridgehead atoms. The average Bonchev–Trinajstić information content (AvgIpc) is 2.85. The summed E-state index contributed by atoms with van der Waals surface area (Å²) in [5, 5.41) is 0.530. The standard InChI is InChI=1S/C14H17N3O2S/c1-2-10-8-19-6-5-17(10)13(18)9-3-4-11-12(7-9)20-14(15)16-11/h3-4,7,10H,2,5-6,8H2,1H3,(H2,15,16). The first-order chi connectivity index (χ1) is 9.69. The van der Waals surface area contributed by atoms with Crippen LogP contribution in [0.15, 0.2) is 18.2 Å². The van der Waals surface area contributed by atoms with Crippen molar-refractivity contribution in [3.8, 4) is 0 Å². The topological polar surface area (TPSA) is 68.5 Å². The highest BCUT2D eigenvalue weighted by Crippen LogP contribution is 2.25. The molecule has 6 heteroatoms. The summed E-state index contributed by atoms with van der Waals surface area (Å²) in [6.07, 6.45) is 0.904. The Morgan fingerprint density at radius 1 is 1.60 bits per heavy atom. The molecular formula is C14H17N3O2S. The highest BCUT2D eigenvalue weighted by molar-refractivity contribution is 7.22. The largest absolute Gasteiger partial charge is 0.377 e. The molecular weight excluding hydrogens is 274 g/mol. The summed E-state index contributed by atoms with van der Waals surface area (Å²) in [6.45, 7) is 3.96. The lowest BCUT2D eigenvalue weighted by Crippen LogP contribution is -2.48. The second-order valence-electron chi connectivity index (χ2n) is 4.87. The first-order valence-electron chi connectivity index (χ1n) is 6.74. The number of carbonyl (C=O) groups excluding carboxylic acids is 1. The summed E-state index contributed by atoms with van der Waals surface area (Å²) in [6, 6.07) is 5.73. The molecule has 2 N–H and O–H groups in total. The maximum Gasteiger partial charge on any atom is 0.254 e. The Labute approximate surface area is 121 Å². The third-order valence-electron chi connectivity index (χ3n) is 3.61. The van der Waals surface area contributed by atoms with Crippen molar-refractivity contribution in [2.75, 3.05) is 25.5 Å². The molecule has 0 saturated carbocycles. The van der Waals surface area contributed by atoms with Gasteiger partial charge in [-0.3, -0.25) is 4.79 Å². The molecule has 1 aromatic heterocycles.